The first kappa shape index (κ1) is 17.1. The number of rotatable bonds is 7. The van der Waals surface area contributed by atoms with Crippen molar-refractivity contribution in [3.05, 3.63) is 48.0 Å². The molecule has 2 aromatic rings. The molecule has 0 aliphatic carbocycles. The fraction of sp³-hybridized carbons (Fsp3) is 0.474. The van der Waals surface area contributed by atoms with Gasteiger partial charge in [0.1, 0.15) is 17.3 Å². The summed E-state index contributed by atoms with van der Waals surface area (Å²) in [4.78, 5) is 2.35. The Balaban J connectivity index is 1.47. The van der Waals surface area contributed by atoms with Crippen LogP contribution < -0.4 is 5.32 Å². The topological polar surface area (TPSA) is 48.6 Å². The van der Waals surface area contributed by atoms with Crippen molar-refractivity contribution in [2.45, 2.75) is 31.8 Å². The number of hydrogen-bond acceptors (Lipinski definition) is 4. The van der Waals surface area contributed by atoms with Crippen molar-refractivity contribution >= 4 is 0 Å². The van der Waals surface area contributed by atoms with Crippen molar-refractivity contribution in [2.75, 3.05) is 26.2 Å². The average Bonchev–Trinajstić information content (AvgIpc) is 3.08. The summed E-state index contributed by atoms with van der Waals surface area (Å²) in [5, 5.41) is 12.8. The maximum absolute atomic E-state index is 13.8. The molecule has 24 heavy (non-hydrogen) atoms. The highest BCUT2D eigenvalue weighted by atomic mass is 19.1. The van der Waals surface area contributed by atoms with Gasteiger partial charge in [-0.15, -0.1) is 0 Å². The second kappa shape index (κ2) is 8.42. The number of piperidine rings is 1. The van der Waals surface area contributed by atoms with E-state index in [0.29, 0.717) is 23.9 Å². The molecule has 5 heteroatoms. The predicted molar refractivity (Wildman–Crippen MR) is 92.1 cm³/mol. The van der Waals surface area contributed by atoms with Gasteiger partial charge in [0.05, 0.1) is 18.7 Å². The van der Waals surface area contributed by atoms with Crippen LogP contribution in [0.2, 0.25) is 0 Å². The van der Waals surface area contributed by atoms with Crippen molar-refractivity contribution < 1.29 is 13.9 Å². The molecule has 1 saturated heterocycles. The first-order valence-electron chi connectivity index (χ1n) is 8.67. The van der Waals surface area contributed by atoms with E-state index in [-0.39, 0.29) is 12.4 Å². The molecule has 1 aliphatic rings. The number of furan rings is 1. The van der Waals surface area contributed by atoms with Gasteiger partial charge in [-0.1, -0.05) is 18.6 Å². The van der Waals surface area contributed by atoms with Gasteiger partial charge in [-0.3, -0.25) is 4.90 Å². The number of hydrogen-bond donors (Lipinski definition) is 2. The van der Waals surface area contributed by atoms with Crippen LogP contribution in [0.1, 0.15) is 25.0 Å². The van der Waals surface area contributed by atoms with Crippen LogP contribution in [-0.2, 0) is 6.54 Å². The summed E-state index contributed by atoms with van der Waals surface area (Å²) in [6.45, 7) is 3.68. The van der Waals surface area contributed by atoms with Gasteiger partial charge in [0.2, 0.25) is 0 Å². The van der Waals surface area contributed by atoms with E-state index in [4.69, 9.17) is 4.42 Å². The summed E-state index contributed by atoms with van der Waals surface area (Å²) in [5.74, 6) is 1.08. The monoisotopic (exact) mass is 332 g/mol. The molecule has 1 fully saturated rings. The average molecular weight is 332 g/mol. The minimum Gasteiger partial charge on any atom is -0.460 e. The first-order valence-corrected chi connectivity index (χ1v) is 8.67. The largest absolute Gasteiger partial charge is 0.460 e. The minimum absolute atomic E-state index is 0.240. The van der Waals surface area contributed by atoms with E-state index in [2.05, 4.69) is 10.2 Å². The Labute approximate surface area is 142 Å². The van der Waals surface area contributed by atoms with E-state index >= 15 is 0 Å². The van der Waals surface area contributed by atoms with Gasteiger partial charge < -0.3 is 14.8 Å². The van der Waals surface area contributed by atoms with Crippen LogP contribution in [0.3, 0.4) is 0 Å². The molecule has 1 atom stereocenters. The minimum atomic E-state index is -0.272. The fourth-order valence-corrected chi connectivity index (χ4v) is 3.27. The summed E-state index contributed by atoms with van der Waals surface area (Å²) in [5.41, 5.74) is 0.489. The molecule has 1 aliphatic heterocycles. The van der Waals surface area contributed by atoms with Gasteiger partial charge in [-0.2, -0.15) is 0 Å². The quantitative estimate of drug-likeness (QED) is 0.765. The van der Waals surface area contributed by atoms with Crippen LogP contribution in [0.4, 0.5) is 4.39 Å². The third-order valence-electron chi connectivity index (χ3n) is 4.64. The van der Waals surface area contributed by atoms with Crippen LogP contribution in [-0.4, -0.2) is 42.3 Å². The highest BCUT2D eigenvalue weighted by molar-refractivity contribution is 5.58. The number of nitrogens with zero attached hydrogens (tertiary/aromatic N) is 1. The SMILES string of the molecule is OCC1CCCCN1CCNCc1ccc(-c2ccccc2F)o1. The maximum atomic E-state index is 13.8. The van der Waals surface area contributed by atoms with E-state index in [1.54, 1.807) is 18.2 Å². The highest BCUT2D eigenvalue weighted by Gasteiger charge is 2.20. The third-order valence-corrected chi connectivity index (χ3v) is 4.64. The Bertz CT molecular complexity index is 644. The zero-order chi connectivity index (χ0) is 16.8. The van der Waals surface area contributed by atoms with Crippen molar-refractivity contribution in [3.63, 3.8) is 0 Å². The molecule has 2 heterocycles. The van der Waals surface area contributed by atoms with Gasteiger partial charge in [0.15, 0.2) is 0 Å². The number of aliphatic hydroxyl groups excluding tert-OH is 1. The summed E-state index contributed by atoms with van der Waals surface area (Å²) in [6.07, 6.45) is 3.50. The molecule has 3 rings (SSSR count). The summed E-state index contributed by atoms with van der Waals surface area (Å²) in [7, 11) is 0. The maximum Gasteiger partial charge on any atom is 0.137 e. The number of aliphatic hydroxyl groups is 1. The molecular weight excluding hydrogens is 307 g/mol. The molecule has 130 valence electrons. The second-order valence-corrected chi connectivity index (χ2v) is 6.29. The lowest BCUT2D eigenvalue weighted by Crippen LogP contribution is -2.44. The zero-order valence-corrected chi connectivity index (χ0v) is 13.9. The zero-order valence-electron chi connectivity index (χ0n) is 13.9. The van der Waals surface area contributed by atoms with Gasteiger partial charge in [0, 0.05) is 19.1 Å². The molecule has 1 aromatic heterocycles. The summed E-state index contributed by atoms with van der Waals surface area (Å²) in [6, 6.07) is 10.6. The summed E-state index contributed by atoms with van der Waals surface area (Å²) >= 11 is 0. The molecule has 0 bridgehead atoms. The van der Waals surface area contributed by atoms with Gasteiger partial charge in [-0.05, 0) is 43.7 Å². The fourth-order valence-electron chi connectivity index (χ4n) is 3.27. The van der Waals surface area contributed by atoms with Crippen molar-refractivity contribution in [3.8, 4) is 11.3 Å². The molecule has 0 radical (unpaired) electrons. The van der Waals surface area contributed by atoms with E-state index in [1.165, 1.54) is 18.9 Å². The Morgan fingerprint density at radius 2 is 2.08 bits per heavy atom. The van der Waals surface area contributed by atoms with Crippen molar-refractivity contribution in [1.29, 1.82) is 0 Å². The van der Waals surface area contributed by atoms with E-state index < -0.39 is 0 Å². The van der Waals surface area contributed by atoms with Crippen molar-refractivity contribution in [1.82, 2.24) is 10.2 Å². The normalized spacial score (nSPS) is 18.8. The molecule has 2 N–H and O–H groups in total. The van der Waals surface area contributed by atoms with Crippen LogP contribution in [0.15, 0.2) is 40.8 Å². The standard InChI is InChI=1S/C19H25FN2O2/c20-18-7-2-1-6-17(18)19-9-8-16(24-19)13-21-10-12-22-11-4-3-5-15(22)14-23/h1-2,6-9,15,21,23H,3-5,10-14H2. The number of benzene rings is 1. The molecule has 0 spiro atoms. The van der Waals surface area contributed by atoms with Gasteiger partial charge in [0.25, 0.3) is 0 Å². The Hall–Kier alpha value is -1.69. The third kappa shape index (κ3) is 4.23. The van der Waals surface area contributed by atoms with E-state index in [0.717, 1.165) is 31.8 Å². The predicted octanol–water partition coefficient (Wildman–Crippen LogP) is 3.02. The van der Waals surface area contributed by atoms with Crippen LogP contribution in [0.25, 0.3) is 11.3 Å². The van der Waals surface area contributed by atoms with Crippen LogP contribution >= 0.6 is 0 Å². The molecule has 1 unspecified atom stereocenters. The highest BCUT2D eigenvalue weighted by Crippen LogP contribution is 2.24. The molecular formula is C19H25FN2O2. The molecule has 4 nitrogen and oxygen atoms in total. The lowest BCUT2D eigenvalue weighted by molar-refractivity contribution is 0.0909. The number of nitrogens with one attached hydrogen (secondary N) is 1. The number of likely N-dealkylation sites (tertiary alicyclic amines) is 1. The number of halogens is 1. The Morgan fingerprint density at radius 1 is 1.21 bits per heavy atom. The van der Waals surface area contributed by atoms with Gasteiger partial charge in [-0.25, -0.2) is 4.39 Å². The first-order chi connectivity index (χ1) is 11.8. The molecule has 1 aromatic carbocycles. The lowest BCUT2D eigenvalue weighted by Gasteiger charge is -2.34. The Kier molecular flexibility index (Phi) is 6.01. The lowest BCUT2D eigenvalue weighted by atomic mass is 10.0. The molecule has 0 saturated carbocycles. The summed E-state index contributed by atoms with van der Waals surface area (Å²) < 4.78 is 19.5. The van der Waals surface area contributed by atoms with Crippen LogP contribution in [0.5, 0.6) is 0 Å². The smallest absolute Gasteiger partial charge is 0.137 e. The van der Waals surface area contributed by atoms with Crippen LogP contribution in [0, 0.1) is 5.82 Å². The van der Waals surface area contributed by atoms with E-state index in [1.807, 2.05) is 12.1 Å². The second-order valence-electron chi connectivity index (χ2n) is 6.29. The van der Waals surface area contributed by atoms with Gasteiger partial charge >= 0.3 is 0 Å². The molecule has 0 amide bonds. The van der Waals surface area contributed by atoms with Crippen molar-refractivity contribution in [2.24, 2.45) is 0 Å². The Morgan fingerprint density at radius 3 is 2.92 bits per heavy atom. The van der Waals surface area contributed by atoms with E-state index in [9.17, 15) is 9.50 Å².